The first-order chi connectivity index (χ1) is 11.7. The minimum absolute atomic E-state index is 0.280. The molecule has 0 aliphatic rings. The molecule has 0 fully saturated rings. The van der Waals surface area contributed by atoms with E-state index in [1.165, 1.54) is 0 Å². The van der Waals surface area contributed by atoms with E-state index in [4.69, 9.17) is 4.74 Å². The van der Waals surface area contributed by atoms with E-state index < -0.39 is 0 Å². The fraction of sp³-hybridized carbons (Fsp3) is 0.250. The summed E-state index contributed by atoms with van der Waals surface area (Å²) in [6.07, 6.45) is 5.49. The van der Waals surface area contributed by atoms with E-state index in [0.717, 1.165) is 45.1 Å². The highest BCUT2D eigenvalue weighted by Gasteiger charge is 2.08. The Morgan fingerprint density at radius 2 is 1.92 bits per heavy atom. The van der Waals surface area contributed by atoms with Crippen LogP contribution in [0.5, 0.6) is 11.5 Å². The Labute approximate surface area is 150 Å². The maximum Gasteiger partial charge on any atom is 0.133 e. The SMILES string of the molecule is CCC(O)CCc1cnccc1Oc1ccc2cc(Br)ccc2c1. The molecule has 0 saturated heterocycles. The predicted molar refractivity (Wildman–Crippen MR) is 101 cm³/mol. The van der Waals surface area contributed by atoms with Crippen molar-refractivity contribution in [3.8, 4) is 11.5 Å². The highest BCUT2D eigenvalue weighted by molar-refractivity contribution is 9.10. The van der Waals surface area contributed by atoms with E-state index in [0.29, 0.717) is 6.42 Å². The maximum atomic E-state index is 9.78. The maximum absolute atomic E-state index is 9.78. The van der Waals surface area contributed by atoms with Crippen molar-refractivity contribution < 1.29 is 9.84 Å². The third kappa shape index (κ3) is 4.13. The quantitative estimate of drug-likeness (QED) is 0.609. The van der Waals surface area contributed by atoms with Crippen molar-refractivity contribution in [2.75, 3.05) is 0 Å². The van der Waals surface area contributed by atoms with E-state index in [2.05, 4.69) is 39.1 Å². The molecule has 0 aliphatic carbocycles. The van der Waals surface area contributed by atoms with Gasteiger partial charge in [0.15, 0.2) is 0 Å². The summed E-state index contributed by atoms with van der Waals surface area (Å²) >= 11 is 3.49. The number of rotatable bonds is 6. The van der Waals surface area contributed by atoms with Crippen LogP contribution in [0.25, 0.3) is 10.8 Å². The van der Waals surface area contributed by atoms with Gasteiger partial charge in [-0.05, 0) is 60.4 Å². The van der Waals surface area contributed by atoms with Gasteiger partial charge < -0.3 is 9.84 Å². The second-order valence-electron chi connectivity index (χ2n) is 5.84. The van der Waals surface area contributed by atoms with Gasteiger partial charge in [0, 0.05) is 22.4 Å². The minimum atomic E-state index is -0.280. The Morgan fingerprint density at radius 3 is 2.75 bits per heavy atom. The van der Waals surface area contributed by atoms with Gasteiger partial charge in [0.25, 0.3) is 0 Å². The van der Waals surface area contributed by atoms with Crippen molar-refractivity contribution in [1.29, 1.82) is 0 Å². The fourth-order valence-electron chi connectivity index (χ4n) is 2.61. The normalized spacial score (nSPS) is 12.3. The van der Waals surface area contributed by atoms with Crippen LogP contribution in [-0.2, 0) is 6.42 Å². The van der Waals surface area contributed by atoms with Gasteiger partial charge >= 0.3 is 0 Å². The lowest BCUT2D eigenvalue weighted by atomic mass is 10.1. The monoisotopic (exact) mass is 385 g/mol. The second kappa shape index (κ2) is 7.77. The van der Waals surface area contributed by atoms with Gasteiger partial charge in [0.05, 0.1) is 6.10 Å². The fourth-order valence-corrected chi connectivity index (χ4v) is 2.99. The highest BCUT2D eigenvalue weighted by atomic mass is 79.9. The van der Waals surface area contributed by atoms with E-state index in [1.807, 2.05) is 37.4 Å². The molecular weight excluding hydrogens is 366 g/mol. The van der Waals surface area contributed by atoms with Gasteiger partial charge in [-0.15, -0.1) is 0 Å². The summed E-state index contributed by atoms with van der Waals surface area (Å²) in [5.74, 6) is 1.60. The van der Waals surface area contributed by atoms with Crippen LogP contribution < -0.4 is 4.74 Å². The molecule has 1 heterocycles. The van der Waals surface area contributed by atoms with Gasteiger partial charge in [-0.2, -0.15) is 0 Å². The lowest BCUT2D eigenvalue weighted by Crippen LogP contribution is -2.06. The topological polar surface area (TPSA) is 42.4 Å². The van der Waals surface area contributed by atoms with E-state index in [-0.39, 0.29) is 6.10 Å². The number of fused-ring (bicyclic) bond motifs is 1. The van der Waals surface area contributed by atoms with Gasteiger partial charge in [-0.25, -0.2) is 0 Å². The molecular formula is C20H20BrNO2. The number of halogens is 1. The molecule has 2 aromatic carbocycles. The van der Waals surface area contributed by atoms with Crippen molar-refractivity contribution in [3.05, 3.63) is 64.9 Å². The number of aliphatic hydroxyl groups is 1. The third-order valence-electron chi connectivity index (χ3n) is 4.08. The Kier molecular flexibility index (Phi) is 5.48. The van der Waals surface area contributed by atoms with Crippen LogP contribution in [0.15, 0.2) is 59.3 Å². The van der Waals surface area contributed by atoms with Crippen molar-refractivity contribution in [2.45, 2.75) is 32.3 Å². The van der Waals surface area contributed by atoms with Crippen LogP contribution in [0.3, 0.4) is 0 Å². The molecule has 0 spiro atoms. The molecule has 0 bridgehead atoms. The number of pyridine rings is 1. The van der Waals surface area contributed by atoms with E-state index >= 15 is 0 Å². The van der Waals surface area contributed by atoms with E-state index in [9.17, 15) is 5.11 Å². The molecule has 0 saturated carbocycles. The lowest BCUT2D eigenvalue weighted by molar-refractivity contribution is 0.160. The van der Waals surface area contributed by atoms with Crippen molar-refractivity contribution >= 4 is 26.7 Å². The van der Waals surface area contributed by atoms with Crippen LogP contribution in [0.4, 0.5) is 0 Å². The number of aryl methyl sites for hydroxylation is 1. The average molecular weight is 386 g/mol. The van der Waals surface area contributed by atoms with Gasteiger partial charge in [0.2, 0.25) is 0 Å². The number of benzene rings is 2. The van der Waals surface area contributed by atoms with Crippen LogP contribution >= 0.6 is 15.9 Å². The summed E-state index contributed by atoms with van der Waals surface area (Å²) in [5.41, 5.74) is 1.01. The molecule has 1 unspecified atom stereocenters. The van der Waals surface area contributed by atoms with Crippen molar-refractivity contribution in [2.24, 2.45) is 0 Å². The predicted octanol–water partition coefficient (Wildman–Crippen LogP) is 5.49. The standard InChI is InChI=1S/C20H20BrNO2/c1-2-18(23)7-4-16-13-22-10-9-20(16)24-19-8-5-14-11-17(21)6-3-15(14)12-19/h3,5-6,8-13,18,23H,2,4,7H2,1H3. The molecule has 1 aromatic heterocycles. The number of aliphatic hydroxyl groups excluding tert-OH is 1. The first-order valence-electron chi connectivity index (χ1n) is 8.14. The number of hydrogen-bond donors (Lipinski definition) is 1. The summed E-state index contributed by atoms with van der Waals surface area (Å²) in [6, 6.07) is 14.1. The molecule has 124 valence electrons. The molecule has 4 heteroatoms. The third-order valence-corrected chi connectivity index (χ3v) is 4.57. The second-order valence-corrected chi connectivity index (χ2v) is 6.76. The summed E-state index contributed by atoms with van der Waals surface area (Å²) in [6.45, 7) is 1.98. The summed E-state index contributed by atoms with van der Waals surface area (Å²) in [4.78, 5) is 4.18. The number of nitrogens with zero attached hydrogens (tertiary/aromatic N) is 1. The largest absolute Gasteiger partial charge is 0.457 e. The van der Waals surface area contributed by atoms with Crippen LogP contribution in [0.1, 0.15) is 25.3 Å². The summed E-state index contributed by atoms with van der Waals surface area (Å²) < 4.78 is 7.14. The highest BCUT2D eigenvalue weighted by Crippen LogP contribution is 2.29. The Hall–Kier alpha value is -1.91. The smallest absolute Gasteiger partial charge is 0.133 e. The van der Waals surface area contributed by atoms with Crippen LogP contribution in [0, 0.1) is 0 Å². The average Bonchev–Trinajstić information content (AvgIpc) is 2.60. The molecule has 3 aromatic rings. The lowest BCUT2D eigenvalue weighted by Gasteiger charge is -2.13. The van der Waals surface area contributed by atoms with Gasteiger partial charge in [-0.1, -0.05) is 35.0 Å². The number of ether oxygens (including phenoxy) is 1. The van der Waals surface area contributed by atoms with Crippen LogP contribution in [-0.4, -0.2) is 16.2 Å². The minimum Gasteiger partial charge on any atom is -0.457 e. The zero-order valence-corrected chi connectivity index (χ0v) is 15.2. The molecule has 3 rings (SSSR count). The Balaban J connectivity index is 1.82. The molecule has 0 radical (unpaired) electrons. The Morgan fingerprint density at radius 1 is 1.12 bits per heavy atom. The zero-order valence-electron chi connectivity index (χ0n) is 13.6. The molecule has 0 aliphatic heterocycles. The molecule has 1 atom stereocenters. The summed E-state index contributed by atoms with van der Waals surface area (Å²) in [5, 5.41) is 12.1. The van der Waals surface area contributed by atoms with E-state index in [1.54, 1.807) is 6.20 Å². The molecule has 3 nitrogen and oxygen atoms in total. The molecule has 24 heavy (non-hydrogen) atoms. The Bertz CT molecular complexity index is 835. The summed E-state index contributed by atoms with van der Waals surface area (Å²) in [7, 11) is 0. The first kappa shape index (κ1) is 16.9. The van der Waals surface area contributed by atoms with Gasteiger partial charge in [0.1, 0.15) is 11.5 Å². The molecule has 0 amide bonds. The van der Waals surface area contributed by atoms with Crippen molar-refractivity contribution in [3.63, 3.8) is 0 Å². The number of hydrogen-bond acceptors (Lipinski definition) is 3. The zero-order chi connectivity index (χ0) is 16.9. The number of aromatic nitrogens is 1. The van der Waals surface area contributed by atoms with Crippen LogP contribution in [0.2, 0.25) is 0 Å². The first-order valence-corrected chi connectivity index (χ1v) is 8.93. The van der Waals surface area contributed by atoms with Gasteiger partial charge in [-0.3, -0.25) is 4.98 Å². The molecule has 1 N–H and O–H groups in total. The van der Waals surface area contributed by atoms with Crippen molar-refractivity contribution in [1.82, 2.24) is 4.98 Å².